The van der Waals surface area contributed by atoms with Crippen LogP contribution < -0.4 is 0 Å². The highest BCUT2D eigenvalue weighted by Gasteiger charge is 2.34. The van der Waals surface area contributed by atoms with Crippen molar-refractivity contribution in [3.8, 4) is 10.7 Å². The summed E-state index contributed by atoms with van der Waals surface area (Å²) < 4.78 is 2.02. The smallest absolute Gasteiger partial charge is 0.197 e. The summed E-state index contributed by atoms with van der Waals surface area (Å²) in [4.78, 5) is 32.9. The van der Waals surface area contributed by atoms with Gasteiger partial charge in [0.15, 0.2) is 17.4 Å². The molecule has 0 saturated carbocycles. The van der Waals surface area contributed by atoms with Crippen LogP contribution in [0.4, 0.5) is 0 Å². The summed E-state index contributed by atoms with van der Waals surface area (Å²) in [5.41, 5.74) is 1.68. The number of halogens is 2. The second kappa shape index (κ2) is 6.39. The molecule has 1 aliphatic carbocycles. The van der Waals surface area contributed by atoms with E-state index in [0.29, 0.717) is 11.1 Å². The van der Waals surface area contributed by atoms with E-state index in [9.17, 15) is 9.59 Å². The van der Waals surface area contributed by atoms with Gasteiger partial charge >= 0.3 is 0 Å². The number of carbonyl (C=O) groups is 2. The minimum Gasteiger partial charge on any atom is -0.326 e. The zero-order valence-corrected chi connectivity index (χ0v) is 17.5. The van der Waals surface area contributed by atoms with Gasteiger partial charge in [-0.05, 0) is 35.7 Å². The molecule has 0 spiro atoms. The SMILES string of the molecule is Cn1c(-c2cccs2)nc2sc(C=C3C(=O)c4cc(Cl)c(Cl)cc4C3=O)cc21. The van der Waals surface area contributed by atoms with E-state index in [1.165, 1.54) is 23.5 Å². The van der Waals surface area contributed by atoms with Crippen molar-refractivity contribution in [3.05, 3.63) is 67.3 Å². The average molecular weight is 445 g/mol. The minimum absolute atomic E-state index is 0.123. The van der Waals surface area contributed by atoms with Crippen molar-refractivity contribution in [1.29, 1.82) is 0 Å². The van der Waals surface area contributed by atoms with Crippen LogP contribution in [0.25, 0.3) is 27.1 Å². The first-order chi connectivity index (χ1) is 13.4. The summed E-state index contributed by atoms with van der Waals surface area (Å²) in [6.45, 7) is 0. The van der Waals surface area contributed by atoms with Crippen molar-refractivity contribution in [2.24, 2.45) is 7.05 Å². The number of fused-ring (bicyclic) bond motifs is 2. The molecule has 0 atom stereocenters. The third kappa shape index (κ3) is 2.60. The predicted octanol–water partition coefficient (Wildman–Crippen LogP) is 6.13. The standard InChI is InChI=1S/C20H10Cl2N2O2S2/c1-24-15-6-9(28-20(15)23-19(24)16-3-2-4-27-16)5-12-17(25)10-7-13(21)14(22)8-11(10)18(12)26/h2-8H,1H3. The molecule has 0 amide bonds. The monoisotopic (exact) mass is 444 g/mol. The molecule has 4 nitrogen and oxygen atoms in total. The van der Waals surface area contributed by atoms with Crippen molar-refractivity contribution in [3.63, 3.8) is 0 Å². The van der Waals surface area contributed by atoms with Crippen LogP contribution in [0.5, 0.6) is 0 Å². The van der Waals surface area contributed by atoms with Crippen LogP contribution in [0.3, 0.4) is 0 Å². The third-order valence-electron chi connectivity index (χ3n) is 4.67. The maximum absolute atomic E-state index is 12.7. The second-order valence-corrected chi connectivity index (χ2v) is 9.16. The molecule has 0 bridgehead atoms. The molecule has 0 saturated heterocycles. The van der Waals surface area contributed by atoms with E-state index in [4.69, 9.17) is 28.2 Å². The number of carbonyl (C=O) groups excluding carboxylic acids is 2. The summed E-state index contributed by atoms with van der Waals surface area (Å²) in [7, 11) is 1.96. The Morgan fingerprint density at radius 2 is 1.75 bits per heavy atom. The molecule has 0 N–H and O–H groups in total. The van der Waals surface area contributed by atoms with E-state index < -0.39 is 0 Å². The maximum Gasteiger partial charge on any atom is 0.197 e. The number of aromatic nitrogens is 2. The lowest BCUT2D eigenvalue weighted by molar-refractivity contribution is 0.0990. The van der Waals surface area contributed by atoms with Crippen molar-refractivity contribution >= 4 is 73.9 Å². The van der Waals surface area contributed by atoms with Crippen molar-refractivity contribution in [2.45, 2.75) is 0 Å². The molecule has 5 rings (SSSR count). The average Bonchev–Trinajstić information content (AvgIpc) is 3.41. The number of aryl methyl sites for hydroxylation is 1. The van der Waals surface area contributed by atoms with Crippen molar-refractivity contribution < 1.29 is 9.59 Å². The Bertz CT molecular complexity index is 1290. The topological polar surface area (TPSA) is 52.0 Å². The Hall–Kier alpha value is -2.25. The molecule has 28 heavy (non-hydrogen) atoms. The Kier molecular flexibility index (Phi) is 4.07. The molecule has 0 unspecified atom stereocenters. The molecule has 0 fully saturated rings. The summed E-state index contributed by atoms with van der Waals surface area (Å²) in [5, 5.41) is 2.53. The number of Topliss-reactive ketones (excluding diaryl/α,β-unsaturated/α-hetero) is 2. The fraction of sp³-hybridized carbons (Fsp3) is 0.0500. The molecular formula is C20H10Cl2N2O2S2. The zero-order chi connectivity index (χ0) is 19.6. The van der Waals surface area contributed by atoms with Crippen LogP contribution in [-0.2, 0) is 7.05 Å². The number of ketones is 2. The second-order valence-electron chi connectivity index (χ2n) is 6.34. The van der Waals surface area contributed by atoms with Gasteiger partial charge in [-0.2, -0.15) is 0 Å². The first-order valence-electron chi connectivity index (χ1n) is 8.24. The summed E-state index contributed by atoms with van der Waals surface area (Å²) in [6.07, 6.45) is 1.63. The van der Waals surface area contributed by atoms with Crippen LogP contribution in [0.2, 0.25) is 10.0 Å². The van der Waals surface area contributed by atoms with E-state index in [-0.39, 0.29) is 27.2 Å². The number of allylic oxidation sites excluding steroid dienone is 1. The minimum atomic E-state index is -0.330. The van der Waals surface area contributed by atoms with E-state index in [0.717, 1.165) is 25.9 Å². The van der Waals surface area contributed by atoms with Gasteiger partial charge in [-0.15, -0.1) is 22.7 Å². The van der Waals surface area contributed by atoms with Gasteiger partial charge < -0.3 is 4.57 Å². The molecule has 0 radical (unpaired) electrons. The van der Waals surface area contributed by atoms with Gasteiger partial charge in [0.05, 0.1) is 26.0 Å². The molecule has 1 aliphatic rings. The number of imidazole rings is 1. The lowest BCUT2D eigenvalue weighted by atomic mass is 10.1. The molecule has 3 aromatic heterocycles. The highest BCUT2D eigenvalue weighted by Crippen LogP contribution is 2.36. The third-order valence-corrected chi connectivity index (χ3v) is 7.22. The molecular weight excluding hydrogens is 435 g/mol. The first-order valence-corrected chi connectivity index (χ1v) is 10.7. The van der Waals surface area contributed by atoms with E-state index >= 15 is 0 Å². The van der Waals surface area contributed by atoms with Crippen LogP contribution >= 0.6 is 45.9 Å². The van der Waals surface area contributed by atoms with Crippen LogP contribution in [0, 0.1) is 0 Å². The lowest BCUT2D eigenvalue weighted by Gasteiger charge is -1.98. The fourth-order valence-corrected chi connectivity index (χ4v) is 5.36. The van der Waals surface area contributed by atoms with Gasteiger partial charge in [-0.1, -0.05) is 29.3 Å². The predicted molar refractivity (Wildman–Crippen MR) is 115 cm³/mol. The van der Waals surface area contributed by atoms with Gasteiger partial charge in [0.1, 0.15) is 4.83 Å². The van der Waals surface area contributed by atoms with E-state index in [1.54, 1.807) is 17.4 Å². The molecule has 3 heterocycles. The number of rotatable bonds is 2. The zero-order valence-electron chi connectivity index (χ0n) is 14.3. The van der Waals surface area contributed by atoms with E-state index in [1.807, 2.05) is 35.2 Å². The number of hydrogen-bond donors (Lipinski definition) is 0. The number of thiophene rings is 2. The number of nitrogens with zero attached hydrogens (tertiary/aromatic N) is 2. The van der Waals surface area contributed by atoms with Crippen LogP contribution in [-0.4, -0.2) is 21.1 Å². The molecule has 138 valence electrons. The lowest BCUT2D eigenvalue weighted by Crippen LogP contribution is -1.99. The summed E-state index contributed by atoms with van der Waals surface area (Å²) in [5.74, 6) is 0.242. The highest BCUT2D eigenvalue weighted by molar-refractivity contribution is 7.19. The fourth-order valence-electron chi connectivity index (χ4n) is 3.28. The summed E-state index contributed by atoms with van der Waals surface area (Å²) in [6, 6.07) is 8.88. The normalized spacial score (nSPS) is 13.6. The quantitative estimate of drug-likeness (QED) is 0.275. The van der Waals surface area contributed by atoms with E-state index in [2.05, 4.69) is 0 Å². The Morgan fingerprint density at radius 1 is 1.07 bits per heavy atom. The van der Waals surface area contributed by atoms with Gasteiger partial charge in [-0.3, -0.25) is 9.59 Å². The van der Waals surface area contributed by atoms with Gasteiger partial charge in [0, 0.05) is 23.1 Å². The van der Waals surface area contributed by atoms with Crippen LogP contribution in [0.15, 0.2) is 41.3 Å². The highest BCUT2D eigenvalue weighted by atomic mass is 35.5. The Balaban J connectivity index is 1.57. The van der Waals surface area contributed by atoms with Gasteiger partial charge in [0.2, 0.25) is 0 Å². The summed E-state index contributed by atoms with van der Waals surface area (Å²) >= 11 is 15.1. The molecule has 4 aromatic rings. The number of benzene rings is 1. The number of hydrogen-bond acceptors (Lipinski definition) is 5. The van der Waals surface area contributed by atoms with Gasteiger partial charge in [-0.25, -0.2) is 4.98 Å². The Labute approximate surface area is 177 Å². The molecule has 8 heteroatoms. The Morgan fingerprint density at radius 3 is 2.32 bits per heavy atom. The van der Waals surface area contributed by atoms with Gasteiger partial charge in [0.25, 0.3) is 0 Å². The maximum atomic E-state index is 12.7. The largest absolute Gasteiger partial charge is 0.326 e. The molecule has 0 aliphatic heterocycles. The van der Waals surface area contributed by atoms with Crippen molar-refractivity contribution in [1.82, 2.24) is 9.55 Å². The van der Waals surface area contributed by atoms with Crippen molar-refractivity contribution in [2.75, 3.05) is 0 Å². The first kappa shape index (κ1) is 17.8. The van der Waals surface area contributed by atoms with Crippen LogP contribution in [0.1, 0.15) is 25.6 Å². The molecule has 1 aromatic carbocycles.